The van der Waals surface area contributed by atoms with Crippen LogP contribution in [0.3, 0.4) is 0 Å². The number of anilines is 1. The molecule has 0 spiro atoms. The van der Waals surface area contributed by atoms with Gasteiger partial charge >= 0.3 is 16.4 Å². The van der Waals surface area contributed by atoms with Crippen LogP contribution in [0.5, 0.6) is 5.75 Å². The third-order valence-electron chi connectivity index (χ3n) is 8.53. The van der Waals surface area contributed by atoms with E-state index in [0.717, 1.165) is 36.2 Å². The standard InChI is InChI=1S/C28H36N8O10S2/c1-27(2)21(24(38)36(27)46-48(41,42)43)34-23(37)20(17-12-47-26(31)33-17)35-45-28(3,25(39)40)19-9-5-13-10-14(4-8-18(13)44-19)22(30)32-16-7-6-15(29)11-16/h4,8,10,12,15-16,19,21H,5-7,9,11,29H2,1-3H3,(H2,30,32)(H2,31,33)(H,34,37)(H,39,40)(H,41,42,43)/b35-20-/t15-,16+,19-,21-,28?/m1/s1. The molecule has 9 N–H and O–H groups in total. The van der Waals surface area contributed by atoms with Gasteiger partial charge in [0.05, 0.1) is 11.6 Å². The zero-order chi connectivity index (χ0) is 35.2. The summed E-state index contributed by atoms with van der Waals surface area (Å²) in [6, 6.07) is 4.09. The molecular formula is C28H36N8O10S2. The van der Waals surface area contributed by atoms with Crippen LogP contribution in [-0.4, -0.2) is 92.8 Å². The Morgan fingerprint density at radius 3 is 2.58 bits per heavy atom. The number of nitrogens with one attached hydrogen (secondary N) is 1. The lowest BCUT2D eigenvalue weighted by Crippen LogP contribution is -2.76. The molecule has 2 aliphatic heterocycles. The van der Waals surface area contributed by atoms with Gasteiger partial charge in [0.2, 0.25) is 0 Å². The fourth-order valence-corrected chi connectivity index (χ4v) is 6.71. The Labute approximate surface area is 279 Å². The van der Waals surface area contributed by atoms with E-state index < -0.39 is 57.2 Å². The first-order chi connectivity index (χ1) is 22.4. The molecule has 1 saturated heterocycles. The summed E-state index contributed by atoms with van der Waals surface area (Å²) in [5.41, 5.74) is 15.4. The number of carbonyl (C=O) groups is 3. The van der Waals surface area contributed by atoms with Crippen molar-refractivity contribution < 1.29 is 46.3 Å². The van der Waals surface area contributed by atoms with Gasteiger partial charge in [0.25, 0.3) is 17.4 Å². The zero-order valence-corrected chi connectivity index (χ0v) is 27.8. The number of carbonyl (C=O) groups excluding carboxylic acids is 2. The number of carboxylic acid groups (broad SMARTS) is 1. The largest absolute Gasteiger partial charge is 0.485 e. The number of aliphatic imine (C=N–C) groups is 1. The second-order valence-electron chi connectivity index (χ2n) is 12.4. The predicted octanol–water partition coefficient (Wildman–Crippen LogP) is 0.108. The Bertz CT molecular complexity index is 1800. The number of oxime groups is 1. The highest BCUT2D eigenvalue weighted by atomic mass is 32.3. The molecular weight excluding hydrogens is 672 g/mol. The number of amides is 2. The molecule has 1 aromatic heterocycles. The Hall–Kier alpha value is -4.37. The van der Waals surface area contributed by atoms with E-state index in [4.69, 9.17) is 31.3 Å². The van der Waals surface area contributed by atoms with Crippen LogP contribution in [0, 0.1) is 0 Å². The van der Waals surface area contributed by atoms with Gasteiger partial charge in [0.15, 0.2) is 16.9 Å². The minimum absolute atomic E-state index is 0.0587. The number of carboxylic acids is 1. The third kappa shape index (κ3) is 7.06. The van der Waals surface area contributed by atoms with Crippen molar-refractivity contribution in [2.24, 2.45) is 21.6 Å². The molecule has 2 fully saturated rings. The summed E-state index contributed by atoms with van der Waals surface area (Å²) in [7, 11) is -5.03. The number of hydroxylamine groups is 2. The number of β-lactam (4-membered cyclic amide) rings is 1. The summed E-state index contributed by atoms with van der Waals surface area (Å²) >= 11 is 0.964. The summed E-state index contributed by atoms with van der Waals surface area (Å²) < 4.78 is 41.7. The maximum absolute atomic E-state index is 13.4. The molecule has 3 aliphatic rings. The number of nitrogens with zero attached hydrogens (tertiary/aromatic N) is 4. The second-order valence-corrected chi connectivity index (χ2v) is 14.3. The number of aromatic nitrogens is 1. The number of amidine groups is 1. The number of nitrogens with two attached hydrogens (primary N) is 3. The summed E-state index contributed by atoms with van der Waals surface area (Å²) in [6.45, 7) is 3.98. The third-order valence-corrected chi connectivity index (χ3v) is 9.55. The number of ether oxygens (including phenoxy) is 1. The van der Waals surface area contributed by atoms with Crippen LogP contribution in [0.15, 0.2) is 33.7 Å². The number of rotatable bonds is 11. The summed E-state index contributed by atoms with van der Waals surface area (Å²) in [5, 5.41) is 18.4. The highest BCUT2D eigenvalue weighted by Gasteiger charge is 2.58. The van der Waals surface area contributed by atoms with E-state index in [1.807, 2.05) is 6.07 Å². The minimum atomic E-state index is -5.03. The molecule has 5 atom stereocenters. The number of thiazole rings is 1. The number of hydrogen-bond acceptors (Lipinski definition) is 14. The molecule has 1 aromatic carbocycles. The lowest BCUT2D eigenvalue weighted by molar-refractivity contribution is -0.218. The zero-order valence-electron chi connectivity index (χ0n) is 26.2. The van der Waals surface area contributed by atoms with E-state index in [0.29, 0.717) is 28.6 Å². The highest BCUT2D eigenvalue weighted by molar-refractivity contribution is 7.80. The number of benzene rings is 1. The number of nitrogen functional groups attached to an aromatic ring is 1. The van der Waals surface area contributed by atoms with Crippen molar-refractivity contribution in [2.75, 3.05) is 5.73 Å². The fraction of sp³-hybridized carbons (Fsp3) is 0.500. The SMILES string of the molecule is CC(O/N=C(\C(=O)N[C@@H]1C(=O)N(OS(=O)(=O)O)C1(C)C)c1csc(N)n1)(C(=O)O)[C@H]1CCc2cc(C(N)=N[C@H]3CC[C@@H](N)C3)ccc2O1. The second kappa shape index (κ2) is 12.9. The monoisotopic (exact) mass is 708 g/mol. The average molecular weight is 709 g/mol. The van der Waals surface area contributed by atoms with Crippen molar-refractivity contribution >= 4 is 56.2 Å². The maximum atomic E-state index is 13.4. The van der Waals surface area contributed by atoms with E-state index in [2.05, 4.69) is 24.7 Å². The van der Waals surface area contributed by atoms with Crippen LogP contribution in [0.2, 0.25) is 0 Å². The summed E-state index contributed by atoms with van der Waals surface area (Å²) in [5.74, 6) is -2.65. The van der Waals surface area contributed by atoms with Crippen molar-refractivity contribution in [3.63, 3.8) is 0 Å². The lowest BCUT2D eigenvalue weighted by Gasteiger charge is -2.50. The summed E-state index contributed by atoms with van der Waals surface area (Å²) in [6.07, 6.45) is 2.07. The van der Waals surface area contributed by atoms with Crippen LogP contribution < -0.4 is 27.3 Å². The van der Waals surface area contributed by atoms with Gasteiger partial charge in [-0.1, -0.05) is 5.16 Å². The first-order valence-electron chi connectivity index (χ1n) is 14.8. The van der Waals surface area contributed by atoms with Crippen molar-refractivity contribution in [1.82, 2.24) is 15.4 Å². The molecule has 1 aliphatic carbocycles. The topological polar surface area (TPSA) is 284 Å². The maximum Gasteiger partial charge on any atom is 0.418 e. The van der Waals surface area contributed by atoms with Gasteiger partial charge < -0.3 is 37.2 Å². The molecule has 3 heterocycles. The van der Waals surface area contributed by atoms with E-state index in [-0.39, 0.29) is 29.3 Å². The molecule has 1 unspecified atom stereocenters. The Morgan fingerprint density at radius 1 is 1.27 bits per heavy atom. The molecule has 2 amide bonds. The lowest BCUT2D eigenvalue weighted by atomic mass is 9.84. The number of aryl methyl sites for hydroxylation is 1. The predicted molar refractivity (Wildman–Crippen MR) is 171 cm³/mol. The number of fused-ring (bicyclic) bond motifs is 1. The van der Waals surface area contributed by atoms with Crippen LogP contribution in [0.25, 0.3) is 0 Å². The molecule has 0 bridgehead atoms. The van der Waals surface area contributed by atoms with E-state index in [1.165, 1.54) is 26.2 Å². The molecule has 1 saturated carbocycles. The highest BCUT2D eigenvalue weighted by Crippen LogP contribution is 2.35. The van der Waals surface area contributed by atoms with E-state index >= 15 is 0 Å². The molecule has 260 valence electrons. The van der Waals surface area contributed by atoms with E-state index in [1.54, 1.807) is 12.1 Å². The number of hydrogen-bond donors (Lipinski definition) is 6. The smallest absolute Gasteiger partial charge is 0.418 e. The van der Waals surface area contributed by atoms with Gasteiger partial charge in [-0.15, -0.1) is 15.6 Å². The number of aliphatic carboxylic acids is 1. The fourth-order valence-electron chi connectivity index (χ4n) is 5.71. The first kappa shape index (κ1) is 35.0. The normalized spacial score (nSPS) is 25.4. The van der Waals surface area contributed by atoms with Crippen LogP contribution in [0.4, 0.5) is 5.13 Å². The van der Waals surface area contributed by atoms with Gasteiger partial charge in [-0.05, 0) is 76.6 Å². The molecule has 2 aromatic rings. The van der Waals surface area contributed by atoms with Crippen LogP contribution >= 0.6 is 11.3 Å². The molecule has 18 nitrogen and oxygen atoms in total. The van der Waals surface area contributed by atoms with Gasteiger partial charge in [-0.3, -0.25) is 19.1 Å². The van der Waals surface area contributed by atoms with Crippen molar-refractivity contribution in [3.8, 4) is 5.75 Å². The van der Waals surface area contributed by atoms with Gasteiger partial charge in [-0.2, -0.15) is 13.5 Å². The van der Waals surface area contributed by atoms with Gasteiger partial charge in [-0.25, -0.2) is 9.78 Å². The van der Waals surface area contributed by atoms with Crippen molar-refractivity contribution in [2.45, 2.75) is 88.2 Å². The Kier molecular flexibility index (Phi) is 9.40. The van der Waals surface area contributed by atoms with Gasteiger partial charge in [0.1, 0.15) is 23.3 Å². The van der Waals surface area contributed by atoms with Gasteiger partial charge in [0, 0.05) is 17.0 Å². The van der Waals surface area contributed by atoms with Crippen molar-refractivity contribution in [1.29, 1.82) is 0 Å². The van der Waals surface area contributed by atoms with Crippen molar-refractivity contribution in [3.05, 3.63) is 40.4 Å². The Morgan fingerprint density at radius 2 is 2.00 bits per heavy atom. The first-order valence-corrected chi connectivity index (χ1v) is 17.0. The molecule has 0 radical (unpaired) electrons. The minimum Gasteiger partial charge on any atom is -0.485 e. The average Bonchev–Trinajstić information content (AvgIpc) is 3.64. The molecule has 5 rings (SSSR count). The molecule has 48 heavy (non-hydrogen) atoms. The summed E-state index contributed by atoms with van der Waals surface area (Å²) in [4.78, 5) is 52.9. The van der Waals surface area contributed by atoms with Crippen LogP contribution in [-0.2, 0) is 40.3 Å². The van der Waals surface area contributed by atoms with E-state index in [9.17, 15) is 27.9 Å². The van der Waals surface area contributed by atoms with Crippen LogP contribution in [0.1, 0.15) is 63.3 Å². The molecule has 20 heteroatoms. The Balaban J connectivity index is 1.35. The quantitative estimate of drug-likeness (QED) is 0.0594.